The van der Waals surface area contributed by atoms with E-state index in [2.05, 4.69) is 4.98 Å². The van der Waals surface area contributed by atoms with Gasteiger partial charge in [0.15, 0.2) is 0 Å². The third-order valence-corrected chi connectivity index (χ3v) is 3.77. The van der Waals surface area contributed by atoms with Crippen molar-refractivity contribution in [2.24, 2.45) is 7.05 Å². The van der Waals surface area contributed by atoms with Gasteiger partial charge in [-0.15, -0.1) is 0 Å². The number of carbonyl (C=O) groups excluding carboxylic acids is 1. The van der Waals surface area contributed by atoms with Gasteiger partial charge < -0.3 is 9.30 Å². The highest BCUT2D eigenvalue weighted by Gasteiger charge is 2.22. The zero-order chi connectivity index (χ0) is 15.5. The molecule has 1 aliphatic rings. The number of amides is 1. The number of imidazole rings is 1. The lowest BCUT2D eigenvalue weighted by molar-refractivity contribution is -0.206. The Bertz CT molecular complexity index is 668. The van der Waals surface area contributed by atoms with Gasteiger partial charge in [-0.3, -0.25) is 9.63 Å². The molecule has 22 heavy (non-hydrogen) atoms. The van der Waals surface area contributed by atoms with Gasteiger partial charge in [0.1, 0.15) is 25.1 Å². The minimum absolute atomic E-state index is 0.0316. The van der Waals surface area contributed by atoms with Crippen LogP contribution >= 0.6 is 0 Å². The quantitative estimate of drug-likeness (QED) is 0.866. The number of benzene rings is 1. The van der Waals surface area contributed by atoms with Crippen LogP contribution in [0.1, 0.15) is 30.0 Å². The average molecular weight is 301 g/mol. The molecule has 0 radical (unpaired) electrons. The van der Waals surface area contributed by atoms with Gasteiger partial charge in [0, 0.05) is 19.4 Å². The van der Waals surface area contributed by atoms with Crippen LogP contribution in [0.5, 0.6) is 0 Å². The molecule has 0 spiro atoms. The molecule has 1 aromatic heterocycles. The van der Waals surface area contributed by atoms with E-state index in [1.807, 2.05) is 49.0 Å². The lowest BCUT2D eigenvalue weighted by Crippen LogP contribution is -2.36. The Hall–Kier alpha value is -2.18. The predicted molar refractivity (Wildman–Crippen MR) is 79.4 cm³/mol. The summed E-state index contributed by atoms with van der Waals surface area (Å²) in [6.45, 7) is 2.71. The number of aromatic nitrogens is 2. The fourth-order valence-electron chi connectivity index (χ4n) is 2.47. The largest absolute Gasteiger partial charge is 0.361 e. The molecule has 1 amide bonds. The van der Waals surface area contributed by atoms with Crippen molar-refractivity contribution >= 4 is 5.91 Å². The third kappa shape index (κ3) is 3.03. The van der Waals surface area contributed by atoms with E-state index in [0.29, 0.717) is 13.2 Å². The van der Waals surface area contributed by atoms with Crippen molar-refractivity contribution in [1.82, 2.24) is 14.6 Å². The van der Waals surface area contributed by atoms with Crippen LogP contribution in [-0.2, 0) is 34.6 Å². The molecule has 0 saturated heterocycles. The van der Waals surface area contributed by atoms with Gasteiger partial charge in [-0.05, 0) is 18.1 Å². The lowest BCUT2D eigenvalue weighted by Gasteiger charge is -2.28. The molecule has 1 aliphatic heterocycles. The molecular formula is C16H19N3O3. The lowest BCUT2D eigenvalue weighted by atomic mass is 10.1. The summed E-state index contributed by atoms with van der Waals surface area (Å²) in [5.74, 6) is 0.605. The van der Waals surface area contributed by atoms with Crippen LogP contribution in [0.2, 0.25) is 0 Å². The van der Waals surface area contributed by atoms with Crippen molar-refractivity contribution < 1.29 is 14.4 Å². The van der Waals surface area contributed by atoms with Crippen molar-refractivity contribution in [2.75, 3.05) is 6.61 Å². The number of rotatable bonds is 4. The molecule has 0 fully saturated rings. The Labute approximate surface area is 129 Å². The Morgan fingerprint density at radius 1 is 1.41 bits per heavy atom. The maximum Gasteiger partial charge on any atom is 0.272 e. The van der Waals surface area contributed by atoms with Crippen LogP contribution in [0.15, 0.2) is 36.7 Å². The summed E-state index contributed by atoms with van der Waals surface area (Å²) >= 11 is 0. The fourth-order valence-corrected chi connectivity index (χ4v) is 2.47. The smallest absolute Gasteiger partial charge is 0.272 e. The molecule has 0 bridgehead atoms. The number of carbonyl (C=O) groups is 1. The van der Waals surface area contributed by atoms with Crippen LogP contribution in [0.3, 0.4) is 0 Å². The van der Waals surface area contributed by atoms with E-state index in [4.69, 9.17) is 9.57 Å². The first-order chi connectivity index (χ1) is 10.6. The van der Waals surface area contributed by atoms with E-state index < -0.39 is 0 Å². The first kappa shape index (κ1) is 14.7. The van der Waals surface area contributed by atoms with Gasteiger partial charge in [0.05, 0.1) is 6.54 Å². The zero-order valence-electron chi connectivity index (χ0n) is 12.7. The van der Waals surface area contributed by atoms with Gasteiger partial charge in [-0.1, -0.05) is 24.3 Å². The second-order valence-electron chi connectivity index (χ2n) is 5.32. The third-order valence-electron chi connectivity index (χ3n) is 3.77. The molecule has 116 valence electrons. The van der Waals surface area contributed by atoms with Crippen molar-refractivity contribution in [3.05, 3.63) is 53.6 Å². The molecule has 2 aromatic rings. The van der Waals surface area contributed by atoms with Gasteiger partial charge in [0.2, 0.25) is 0 Å². The number of hydrogen-bond donors (Lipinski definition) is 0. The molecule has 0 aliphatic carbocycles. The molecule has 6 heteroatoms. The summed E-state index contributed by atoms with van der Waals surface area (Å²) in [4.78, 5) is 21.9. The summed E-state index contributed by atoms with van der Waals surface area (Å²) < 4.78 is 7.49. The normalized spacial score (nSPS) is 15.5. The molecule has 0 N–H and O–H groups in total. The molecular weight excluding hydrogens is 282 g/mol. The monoisotopic (exact) mass is 301 g/mol. The zero-order valence-corrected chi connectivity index (χ0v) is 12.7. The molecule has 2 heterocycles. The number of aryl methyl sites for hydroxylation is 1. The maximum atomic E-state index is 12.2. The number of fused-ring (bicyclic) bond motifs is 1. The highest BCUT2D eigenvalue weighted by atomic mass is 16.7. The van der Waals surface area contributed by atoms with Crippen molar-refractivity contribution in [1.29, 1.82) is 0 Å². The summed E-state index contributed by atoms with van der Waals surface area (Å²) in [7, 11) is 1.90. The van der Waals surface area contributed by atoms with Crippen molar-refractivity contribution in [3.8, 4) is 0 Å². The highest BCUT2D eigenvalue weighted by molar-refractivity contribution is 5.76. The minimum atomic E-state index is -0.249. The van der Waals surface area contributed by atoms with Crippen LogP contribution in [0, 0.1) is 0 Å². The summed E-state index contributed by atoms with van der Waals surface area (Å²) in [5.41, 5.74) is 2.23. The van der Waals surface area contributed by atoms with E-state index in [1.54, 1.807) is 6.20 Å². The first-order valence-electron chi connectivity index (χ1n) is 7.24. The van der Waals surface area contributed by atoms with Gasteiger partial charge >= 0.3 is 0 Å². The molecule has 1 atom stereocenters. The van der Waals surface area contributed by atoms with E-state index >= 15 is 0 Å². The van der Waals surface area contributed by atoms with Crippen LogP contribution < -0.4 is 0 Å². The topological polar surface area (TPSA) is 56.6 Å². The summed E-state index contributed by atoms with van der Waals surface area (Å²) in [5, 5.41) is 1.37. The van der Waals surface area contributed by atoms with E-state index in [9.17, 15) is 4.79 Å². The first-order valence-corrected chi connectivity index (χ1v) is 7.24. The van der Waals surface area contributed by atoms with Crippen molar-refractivity contribution in [2.45, 2.75) is 26.2 Å². The van der Waals surface area contributed by atoms with Gasteiger partial charge in [-0.2, -0.15) is 0 Å². The molecule has 3 rings (SSSR count). The second-order valence-corrected chi connectivity index (χ2v) is 5.32. The van der Waals surface area contributed by atoms with Crippen LogP contribution in [0.25, 0.3) is 0 Å². The second kappa shape index (κ2) is 6.29. The average Bonchev–Trinajstić information content (AvgIpc) is 2.98. The molecule has 6 nitrogen and oxygen atoms in total. The van der Waals surface area contributed by atoms with Crippen molar-refractivity contribution in [3.63, 3.8) is 0 Å². The molecule has 1 unspecified atom stereocenters. The van der Waals surface area contributed by atoms with E-state index in [1.165, 1.54) is 5.06 Å². The van der Waals surface area contributed by atoms with Crippen LogP contribution in [0.4, 0.5) is 0 Å². The number of hydroxylamine groups is 2. The summed E-state index contributed by atoms with van der Waals surface area (Å²) in [6.07, 6.45) is 3.31. The predicted octanol–water partition coefficient (Wildman–Crippen LogP) is 1.97. The SMILES string of the molecule is CC(OCC(=O)N1Cc2ccccc2CO1)c1nccn1C. The number of ether oxygens (including phenoxy) is 1. The number of hydrogen-bond acceptors (Lipinski definition) is 4. The number of nitrogens with zero attached hydrogens (tertiary/aromatic N) is 3. The Kier molecular flexibility index (Phi) is 4.22. The minimum Gasteiger partial charge on any atom is -0.361 e. The van der Waals surface area contributed by atoms with E-state index in [0.717, 1.165) is 17.0 Å². The van der Waals surface area contributed by atoms with E-state index in [-0.39, 0.29) is 18.6 Å². The standard InChI is InChI=1S/C16H19N3O3/c1-12(16-17-7-8-18(16)2)21-11-15(20)19-9-13-5-3-4-6-14(13)10-22-19/h3-8,12H,9-11H2,1-2H3. The molecule has 1 aromatic carbocycles. The van der Waals surface area contributed by atoms with Crippen LogP contribution in [-0.4, -0.2) is 27.1 Å². The molecule has 0 saturated carbocycles. The fraction of sp³-hybridized carbons (Fsp3) is 0.375. The Morgan fingerprint density at radius 3 is 2.91 bits per heavy atom. The van der Waals surface area contributed by atoms with Gasteiger partial charge in [-0.25, -0.2) is 10.0 Å². The maximum absolute atomic E-state index is 12.2. The highest BCUT2D eigenvalue weighted by Crippen LogP contribution is 2.20. The Balaban J connectivity index is 1.56. The van der Waals surface area contributed by atoms with Gasteiger partial charge in [0.25, 0.3) is 5.91 Å². The summed E-state index contributed by atoms with van der Waals surface area (Å²) in [6, 6.07) is 7.95. The Morgan fingerprint density at radius 2 is 2.18 bits per heavy atom.